The van der Waals surface area contributed by atoms with E-state index in [0.717, 1.165) is 22.5 Å². The van der Waals surface area contributed by atoms with Crippen LogP contribution in [-0.4, -0.2) is 49.6 Å². The van der Waals surface area contributed by atoms with E-state index < -0.39 is 26.4 Å². The van der Waals surface area contributed by atoms with Crippen molar-refractivity contribution in [3.8, 4) is 5.75 Å². The predicted molar refractivity (Wildman–Crippen MR) is 71.1 cm³/mol. The number of likely N-dealkylation sites (N-methyl/N-ethyl adjacent to an activating group) is 1. The van der Waals surface area contributed by atoms with Gasteiger partial charge in [0.1, 0.15) is 0 Å². The SMILES string of the molecule is CCOCCN(C)S(=O)(=O)c1ccc(O)c([N+](=O)[O-])c1. The van der Waals surface area contributed by atoms with Gasteiger partial charge in [0.25, 0.3) is 0 Å². The van der Waals surface area contributed by atoms with Gasteiger partial charge in [-0.2, -0.15) is 4.31 Å². The van der Waals surface area contributed by atoms with Crippen molar-refractivity contribution < 1.29 is 23.2 Å². The number of nitro groups is 1. The smallest absolute Gasteiger partial charge is 0.312 e. The monoisotopic (exact) mass is 304 g/mol. The topological polar surface area (TPSA) is 110 Å². The third kappa shape index (κ3) is 3.65. The maximum Gasteiger partial charge on any atom is 0.312 e. The second kappa shape index (κ2) is 6.64. The molecule has 0 spiro atoms. The zero-order chi connectivity index (χ0) is 15.3. The fraction of sp³-hybridized carbons (Fsp3) is 0.455. The number of hydrogen-bond donors (Lipinski definition) is 1. The van der Waals surface area contributed by atoms with Crippen LogP contribution in [0, 0.1) is 10.1 Å². The molecule has 0 saturated heterocycles. The van der Waals surface area contributed by atoms with Gasteiger partial charge in [0.15, 0.2) is 5.75 Å². The van der Waals surface area contributed by atoms with Crippen molar-refractivity contribution in [2.75, 3.05) is 26.8 Å². The molecule has 20 heavy (non-hydrogen) atoms. The van der Waals surface area contributed by atoms with Crippen LogP contribution in [0.5, 0.6) is 5.75 Å². The first kappa shape index (κ1) is 16.3. The normalized spacial score (nSPS) is 11.8. The van der Waals surface area contributed by atoms with E-state index in [0.29, 0.717) is 6.61 Å². The van der Waals surface area contributed by atoms with E-state index in [4.69, 9.17) is 4.74 Å². The second-order valence-electron chi connectivity index (χ2n) is 3.93. The number of sulfonamides is 1. The van der Waals surface area contributed by atoms with Gasteiger partial charge in [-0.15, -0.1) is 0 Å². The molecule has 0 atom stereocenters. The first-order chi connectivity index (χ1) is 9.30. The highest BCUT2D eigenvalue weighted by molar-refractivity contribution is 7.89. The summed E-state index contributed by atoms with van der Waals surface area (Å²) in [5, 5.41) is 20.0. The lowest BCUT2D eigenvalue weighted by molar-refractivity contribution is -0.386. The zero-order valence-corrected chi connectivity index (χ0v) is 12.0. The summed E-state index contributed by atoms with van der Waals surface area (Å²) < 4.78 is 30.5. The molecule has 0 radical (unpaired) electrons. The number of nitrogens with zero attached hydrogens (tertiary/aromatic N) is 2. The van der Waals surface area contributed by atoms with Crippen molar-refractivity contribution in [2.24, 2.45) is 0 Å². The molecule has 8 nitrogen and oxygen atoms in total. The number of phenols is 1. The van der Waals surface area contributed by atoms with E-state index in [9.17, 15) is 23.6 Å². The summed E-state index contributed by atoms with van der Waals surface area (Å²) in [5.74, 6) is -0.578. The van der Waals surface area contributed by atoms with Gasteiger partial charge in [-0.3, -0.25) is 10.1 Å². The average molecular weight is 304 g/mol. The van der Waals surface area contributed by atoms with E-state index in [-0.39, 0.29) is 18.0 Å². The molecular formula is C11H16N2O6S. The molecule has 0 aromatic heterocycles. The summed E-state index contributed by atoms with van der Waals surface area (Å²) >= 11 is 0. The van der Waals surface area contributed by atoms with E-state index in [1.165, 1.54) is 7.05 Å². The number of hydrogen-bond acceptors (Lipinski definition) is 6. The van der Waals surface area contributed by atoms with Crippen molar-refractivity contribution >= 4 is 15.7 Å². The molecule has 0 bridgehead atoms. The number of nitro benzene ring substituents is 1. The number of rotatable bonds is 7. The fourth-order valence-electron chi connectivity index (χ4n) is 1.45. The van der Waals surface area contributed by atoms with Gasteiger partial charge in [0.05, 0.1) is 16.4 Å². The Morgan fingerprint density at radius 1 is 1.45 bits per heavy atom. The highest BCUT2D eigenvalue weighted by Gasteiger charge is 2.24. The Balaban J connectivity index is 3.03. The third-order valence-electron chi connectivity index (χ3n) is 2.61. The lowest BCUT2D eigenvalue weighted by Crippen LogP contribution is -2.30. The molecule has 0 aliphatic rings. The van der Waals surface area contributed by atoms with E-state index in [2.05, 4.69) is 0 Å². The van der Waals surface area contributed by atoms with Crippen molar-refractivity contribution in [2.45, 2.75) is 11.8 Å². The molecular weight excluding hydrogens is 288 g/mol. The molecule has 0 aliphatic carbocycles. The van der Waals surface area contributed by atoms with Gasteiger partial charge in [0, 0.05) is 26.3 Å². The van der Waals surface area contributed by atoms with Crippen LogP contribution in [0.25, 0.3) is 0 Å². The molecule has 0 heterocycles. The first-order valence-electron chi connectivity index (χ1n) is 5.82. The largest absolute Gasteiger partial charge is 0.502 e. The fourth-order valence-corrected chi connectivity index (χ4v) is 2.62. The van der Waals surface area contributed by atoms with E-state index in [1.54, 1.807) is 6.92 Å². The van der Waals surface area contributed by atoms with Gasteiger partial charge in [-0.05, 0) is 19.1 Å². The molecule has 0 fully saturated rings. The van der Waals surface area contributed by atoms with Crippen molar-refractivity contribution in [3.63, 3.8) is 0 Å². The quantitative estimate of drug-likeness (QED) is 0.456. The first-order valence-corrected chi connectivity index (χ1v) is 7.26. The van der Waals surface area contributed by atoms with E-state index >= 15 is 0 Å². The Morgan fingerprint density at radius 3 is 2.65 bits per heavy atom. The molecule has 0 saturated carbocycles. The summed E-state index contributed by atoms with van der Waals surface area (Å²) in [6, 6.07) is 2.94. The molecule has 112 valence electrons. The standard InChI is InChI=1S/C11H16N2O6S/c1-3-19-7-6-12(2)20(17,18)9-4-5-11(14)10(8-9)13(15)16/h4-5,8,14H,3,6-7H2,1-2H3. The summed E-state index contributed by atoms with van der Waals surface area (Å²) in [7, 11) is -2.50. The Kier molecular flexibility index (Phi) is 5.43. The molecule has 1 N–H and O–H groups in total. The Hall–Kier alpha value is -1.71. The molecule has 1 aromatic rings. The Labute approximate surface area is 116 Å². The third-order valence-corrected chi connectivity index (χ3v) is 4.46. The lowest BCUT2D eigenvalue weighted by atomic mass is 10.3. The van der Waals surface area contributed by atoms with Gasteiger partial charge in [-0.25, -0.2) is 8.42 Å². The van der Waals surface area contributed by atoms with Crippen LogP contribution in [0.15, 0.2) is 23.1 Å². The molecule has 0 unspecified atom stereocenters. The molecule has 9 heteroatoms. The maximum absolute atomic E-state index is 12.2. The zero-order valence-electron chi connectivity index (χ0n) is 11.1. The van der Waals surface area contributed by atoms with Crippen LogP contribution in [0.3, 0.4) is 0 Å². The molecule has 0 amide bonds. The summed E-state index contributed by atoms with van der Waals surface area (Å²) in [4.78, 5) is 9.61. The summed E-state index contributed by atoms with van der Waals surface area (Å²) in [6.07, 6.45) is 0. The van der Waals surface area contributed by atoms with Crippen LogP contribution >= 0.6 is 0 Å². The highest BCUT2D eigenvalue weighted by Crippen LogP contribution is 2.29. The molecule has 0 aliphatic heterocycles. The maximum atomic E-state index is 12.2. The summed E-state index contributed by atoms with van der Waals surface area (Å²) in [6.45, 7) is 2.62. The molecule has 1 aromatic carbocycles. The number of aromatic hydroxyl groups is 1. The molecule has 1 rings (SSSR count). The van der Waals surface area contributed by atoms with Gasteiger partial charge in [-0.1, -0.05) is 0 Å². The van der Waals surface area contributed by atoms with Gasteiger partial charge < -0.3 is 9.84 Å². The number of ether oxygens (including phenoxy) is 1. The van der Waals surface area contributed by atoms with Crippen LogP contribution in [-0.2, 0) is 14.8 Å². The van der Waals surface area contributed by atoms with Gasteiger partial charge >= 0.3 is 5.69 Å². The highest BCUT2D eigenvalue weighted by atomic mass is 32.2. The van der Waals surface area contributed by atoms with Crippen molar-refractivity contribution in [1.29, 1.82) is 0 Å². The van der Waals surface area contributed by atoms with E-state index in [1.807, 2.05) is 0 Å². The Morgan fingerprint density at radius 2 is 2.10 bits per heavy atom. The van der Waals surface area contributed by atoms with Crippen molar-refractivity contribution in [3.05, 3.63) is 28.3 Å². The van der Waals surface area contributed by atoms with Crippen LogP contribution in [0.1, 0.15) is 6.92 Å². The number of phenolic OH excluding ortho intramolecular Hbond substituents is 1. The lowest BCUT2D eigenvalue weighted by Gasteiger charge is -2.16. The second-order valence-corrected chi connectivity index (χ2v) is 5.98. The Bertz CT molecular complexity index is 587. The minimum Gasteiger partial charge on any atom is -0.502 e. The van der Waals surface area contributed by atoms with Crippen LogP contribution in [0.4, 0.5) is 5.69 Å². The van der Waals surface area contributed by atoms with Crippen LogP contribution < -0.4 is 0 Å². The van der Waals surface area contributed by atoms with Gasteiger partial charge in [0.2, 0.25) is 10.0 Å². The van der Waals surface area contributed by atoms with Crippen LogP contribution in [0.2, 0.25) is 0 Å². The predicted octanol–water partition coefficient (Wildman–Crippen LogP) is 0.957. The van der Waals surface area contributed by atoms with Crippen molar-refractivity contribution in [1.82, 2.24) is 4.31 Å². The number of benzene rings is 1. The minimum absolute atomic E-state index is 0.130. The average Bonchev–Trinajstić information content (AvgIpc) is 2.38. The summed E-state index contributed by atoms with van der Waals surface area (Å²) in [5.41, 5.74) is -0.649. The minimum atomic E-state index is -3.85.